The predicted octanol–water partition coefficient (Wildman–Crippen LogP) is 1.49. The van der Waals surface area contributed by atoms with Crippen LogP contribution in [0.2, 0.25) is 0 Å². The molecular formula is C12H22N4O. The highest BCUT2D eigenvalue weighted by Gasteiger charge is 2.18. The van der Waals surface area contributed by atoms with Crippen LogP contribution >= 0.6 is 0 Å². The van der Waals surface area contributed by atoms with Gasteiger partial charge in [0.1, 0.15) is 0 Å². The molecule has 17 heavy (non-hydrogen) atoms. The van der Waals surface area contributed by atoms with Gasteiger partial charge in [-0.1, -0.05) is 13.8 Å². The molecule has 2 N–H and O–H groups in total. The van der Waals surface area contributed by atoms with E-state index in [1.54, 1.807) is 16.5 Å². The smallest absolute Gasteiger partial charge is 0.219 e. The number of aromatic nitrogens is 2. The Hall–Kier alpha value is -1.52. The number of carbonyl (C=O) groups excluding carboxylic acids is 1. The topological polar surface area (TPSA) is 64.2 Å². The second kappa shape index (κ2) is 5.21. The van der Waals surface area contributed by atoms with Gasteiger partial charge in [-0.2, -0.15) is 5.10 Å². The molecule has 1 aromatic rings. The lowest BCUT2D eigenvalue weighted by Crippen LogP contribution is -2.29. The largest absolute Gasteiger partial charge is 0.396 e. The molecule has 1 aromatic heterocycles. The maximum Gasteiger partial charge on any atom is 0.219 e. The lowest BCUT2D eigenvalue weighted by atomic mass is 10.1. The average molecular weight is 238 g/mol. The number of amides is 1. The third-order valence-corrected chi connectivity index (χ3v) is 2.95. The molecule has 1 heterocycles. The zero-order valence-corrected chi connectivity index (χ0v) is 11.3. The van der Waals surface area contributed by atoms with Crippen molar-refractivity contribution in [2.24, 2.45) is 7.05 Å². The van der Waals surface area contributed by atoms with Gasteiger partial charge in [0.05, 0.1) is 23.6 Å². The van der Waals surface area contributed by atoms with Crippen LogP contribution in [0.5, 0.6) is 0 Å². The Bertz CT molecular complexity index is 409. The molecule has 0 atom stereocenters. The number of hydrogen-bond acceptors (Lipinski definition) is 3. The molecule has 1 amide bonds. The summed E-state index contributed by atoms with van der Waals surface area (Å²) in [6.07, 6.45) is 0. The second-order valence-electron chi connectivity index (χ2n) is 4.56. The zero-order chi connectivity index (χ0) is 13.2. The van der Waals surface area contributed by atoms with Crippen LogP contribution in [-0.2, 0) is 18.4 Å². The van der Waals surface area contributed by atoms with Gasteiger partial charge in [-0.25, -0.2) is 0 Å². The average Bonchev–Trinajstić information content (AvgIpc) is 2.51. The fraction of sp³-hybridized carbons (Fsp3) is 0.667. The van der Waals surface area contributed by atoms with E-state index in [9.17, 15) is 4.79 Å². The van der Waals surface area contributed by atoms with Crippen molar-refractivity contribution in [1.29, 1.82) is 0 Å². The lowest BCUT2D eigenvalue weighted by molar-refractivity contribution is -0.129. The van der Waals surface area contributed by atoms with Crippen LogP contribution in [-0.4, -0.2) is 27.1 Å². The number of hydrogen-bond donors (Lipinski definition) is 1. The molecule has 1 rings (SSSR count). The van der Waals surface area contributed by atoms with E-state index in [-0.39, 0.29) is 5.91 Å². The Kier molecular flexibility index (Phi) is 4.15. The Morgan fingerprint density at radius 1 is 1.53 bits per heavy atom. The Morgan fingerprint density at radius 2 is 2.12 bits per heavy atom. The summed E-state index contributed by atoms with van der Waals surface area (Å²) in [5, 5.41) is 4.41. The van der Waals surface area contributed by atoms with E-state index in [1.165, 1.54) is 0 Å². The van der Waals surface area contributed by atoms with Gasteiger partial charge < -0.3 is 10.6 Å². The normalized spacial score (nSPS) is 10.9. The quantitative estimate of drug-likeness (QED) is 0.864. The number of carbonyl (C=O) groups is 1. The van der Waals surface area contributed by atoms with Crippen molar-refractivity contribution < 1.29 is 4.79 Å². The lowest BCUT2D eigenvalue weighted by Gasteiger charge is -2.19. The van der Waals surface area contributed by atoms with Crippen LogP contribution in [0.25, 0.3) is 0 Å². The van der Waals surface area contributed by atoms with E-state index in [0.29, 0.717) is 24.7 Å². The molecule has 96 valence electrons. The first-order valence-electron chi connectivity index (χ1n) is 5.95. The van der Waals surface area contributed by atoms with E-state index in [2.05, 4.69) is 18.9 Å². The van der Waals surface area contributed by atoms with Crippen molar-refractivity contribution in [3.05, 3.63) is 11.4 Å². The van der Waals surface area contributed by atoms with Crippen LogP contribution < -0.4 is 5.73 Å². The van der Waals surface area contributed by atoms with Gasteiger partial charge in [0.2, 0.25) is 5.91 Å². The molecule has 0 spiro atoms. The highest BCUT2D eigenvalue weighted by atomic mass is 16.2. The van der Waals surface area contributed by atoms with Crippen LogP contribution in [0.15, 0.2) is 0 Å². The first-order valence-corrected chi connectivity index (χ1v) is 5.95. The number of nitrogens with zero attached hydrogens (tertiary/aromatic N) is 3. The third kappa shape index (κ3) is 2.78. The van der Waals surface area contributed by atoms with Gasteiger partial charge >= 0.3 is 0 Å². The van der Waals surface area contributed by atoms with Crippen LogP contribution in [0.4, 0.5) is 5.69 Å². The fourth-order valence-electron chi connectivity index (χ4n) is 1.84. The first kappa shape index (κ1) is 13.5. The third-order valence-electron chi connectivity index (χ3n) is 2.95. The van der Waals surface area contributed by atoms with E-state index in [0.717, 1.165) is 11.4 Å². The SMILES string of the molecule is CCN(Cc1c(N)c(C(C)C)nn1C)C(C)=O. The van der Waals surface area contributed by atoms with Crippen molar-refractivity contribution in [2.45, 2.75) is 40.2 Å². The van der Waals surface area contributed by atoms with Gasteiger partial charge in [0.25, 0.3) is 0 Å². The van der Waals surface area contributed by atoms with Gasteiger partial charge in [0.15, 0.2) is 0 Å². The van der Waals surface area contributed by atoms with Gasteiger partial charge in [-0.15, -0.1) is 0 Å². The summed E-state index contributed by atoms with van der Waals surface area (Å²) in [6, 6.07) is 0. The molecular weight excluding hydrogens is 216 g/mol. The minimum absolute atomic E-state index is 0.0548. The maximum absolute atomic E-state index is 11.4. The Labute approximate surface area is 103 Å². The van der Waals surface area contributed by atoms with Crippen molar-refractivity contribution in [2.75, 3.05) is 12.3 Å². The molecule has 5 nitrogen and oxygen atoms in total. The van der Waals surface area contributed by atoms with E-state index < -0.39 is 0 Å². The summed E-state index contributed by atoms with van der Waals surface area (Å²) in [5.74, 6) is 0.349. The van der Waals surface area contributed by atoms with E-state index in [1.807, 2.05) is 14.0 Å². The fourth-order valence-corrected chi connectivity index (χ4v) is 1.84. The zero-order valence-electron chi connectivity index (χ0n) is 11.3. The number of aryl methyl sites for hydroxylation is 1. The molecule has 0 aliphatic rings. The van der Waals surface area contributed by atoms with Crippen LogP contribution in [0.1, 0.15) is 45.0 Å². The Morgan fingerprint density at radius 3 is 2.47 bits per heavy atom. The molecule has 0 saturated carbocycles. The van der Waals surface area contributed by atoms with Gasteiger partial charge in [0, 0.05) is 20.5 Å². The monoisotopic (exact) mass is 238 g/mol. The molecule has 0 saturated heterocycles. The highest BCUT2D eigenvalue weighted by molar-refractivity contribution is 5.73. The molecule has 0 aliphatic carbocycles. The summed E-state index contributed by atoms with van der Waals surface area (Å²) in [6.45, 7) is 8.84. The standard InChI is InChI=1S/C12H22N4O/c1-6-16(9(4)17)7-10-11(13)12(8(2)3)14-15(10)5/h8H,6-7,13H2,1-5H3. The number of rotatable bonds is 4. The van der Waals surface area contributed by atoms with E-state index >= 15 is 0 Å². The number of nitrogens with two attached hydrogens (primary N) is 1. The van der Waals surface area contributed by atoms with Gasteiger partial charge in [-0.05, 0) is 12.8 Å². The van der Waals surface area contributed by atoms with Crippen molar-refractivity contribution in [3.63, 3.8) is 0 Å². The van der Waals surface area contributed by atoms with Crippen molar-refractivity contribution in [3.8, 4) is 0 Å². The molecule has 0 aromatic carbocycles. The molecule has 0 unspecified atom stereocenters. The minimum atomic E-state index is 0.0548. The predicted molar refractivity (Wildman–Crippen MR) is 68.5 cm³/mol. The van der Waals surface area contributed by atoms with Crippen molar-refractivity contribution in [1.82, 2.24) is 14.7 Å². The molecule has 0 aliphatic heterocycles. The first-order chi connectivity index (χ1) is 7.88. The van der Waals surface area contributed by atoms with Gasteiger partial charge in [-0.3, -0.25) is 9.48 Å². The summed E-state index contributed by atoms with van der Waals surface area (Å²) in [5.41, 5.74) is 8.61. The summed E-state index contributed by atoms with van der Waals surface area (Å²) >= 11 is 0. The van der Waals surface area contributed by atoms with Crippen LogP contribution in [0.3, 0.4) is 0 Å². The summed E-state index contributed by atoms with van der Waals surface area (Å²) in [7, 11) is 1.87. The number of nitrogen functional groups attached to an aromatic ring is 1. The van der Waals surface area contributed by atoms with Crippen LogP contribution in [0, 0.1) is 0 Å². The molecule has 0 bridgehead atoms. The summed E-state index contributed by atoms with van der Waals surface area (Å²) < 4.78 is 1.77. The molecule has 0 fully saturated rings. The maximum atomic E-state index is 11.4. The minimum Gasteiger partial charge on any atom is -0.396 e. The molecule has 5 heteroatoms. The van der Waals surface area contributed by atoms with Crippen molar-refractivity contribution >= 4 is 11.6 Å². The number of anilines is 1. The highest BCUT2D eigenvalue weighted by Crippen LogP contribution is 2.24. The molecule has 0 radical (unpaired) electrons. The second-order valence-corrected chi connectivity index (χ2v) is 4.56. The summed E-state index contributed by atoms with van der Waals surface area (Å²) in [4.78, 5) is 13.1. The van der Waals surface area contributed by atoms with E-state index in [4.69, 9.17) is 5.73 Å². The Balaban J connectivity index is 3.02.